The second kappa shape index (κ2) is 8.36. The fourth-order valence-electron chi connectivity index (χ4n) is 4.92. The van der Waals surface area contributed by atoms with Gasteiger partial charge in [0, 0.05) is 30.4 Å². The normalized spacial score (nSPS) is 25.9. The molecule has 4 heterocycles. The monoisotopic (exact) mass is 506 g/mol. The molecule has 2 N–H and O–H groups in total. The number of benzene rings is 1. The first-order valence-electron chi connectivity index (χ1n) is 11.1. The van der Waals surface area contributed by atoms with Crippen LogP contribution in [0.15, 0.2) is 33.6 Å². The van der Waals surface area contributed by atoms with Crippen LogP contribution >= 0.6 is 11.1 Å². The molecular weight excluding hydrogens is 482 g/mol. The number of aromatic hydroxyl groups is 1. The molecule has 3 aliphatic rings. The lowest BCUT2D eigenvalue weighted by Crippen LogP contribution is -2.55. The van der Waals surface area contributed by atoms with Crippen molar-refractivity contribution in [1.82, 2.24) is 14.8 Å². The van der Waals surface area contributed by atoms with Gasteiger partial charge < -0.3 is 24.6 Å². The number of rotatable bonds is 3. The lowest BCUT2D eigenvalue weighted by molar-refractivity contribution is 0.0562. The topological polar surface area (TPSA) is 113 Å². The van der Waals surface area contributed by atoms with E-state index in [9.17, 15) is 28.3 Å². The van der Waals surface area contributed by atoms with Crippen molar-refractivity contribution in [1.29, 1.82) is 0 Å². The Morgan fingerprint density at radius 3 is 2.86 bits per heavy atom. The average Bonchev–Trinajstić information content (AvgIpc) is 3.13. The van der Waals surface area contributed by atoms with Gasteiger partial charge in [0.15, 0.2) is 17.3 Å². The van der Waals surface area contributed by atoms with Crippen molar-refractivity contribution in [2.75, 3.05) is 19.4 Å². The van der Waals surface area contributed by atoms with Crippen LogP contribution in [-0.4, -0.2) is 57.7 Å². The van der Waals surface area contributed by atoms with Gasteiger partial charge in [-0.3, -0.25) is 14.4 Å². The average molecular weight is 507 g/mol. The van der Waals surface area contributed by atoms with Gasteiger partial charge in [0.2, 0.25) is 5.43 Å². The zero-order valence-electron chi connectivity index (χ0n) is 19.0. The second-order valence-electron chi connectivity index (χ2n) is 8.91. The van der Waals surface area contributed by atoms with Gasteiger partial charge in [-0.2, -0.15) is 0 Å². The predicted octanol–water partition coefficient (Wildman–Crippen LogP) is 2.03. The van der Waals surface area contributed by atoms with Crippen molar-refractivity contribution in [3.8, 4) is 5.75 Å². The number of amides is 2. The number of nitrogens with one attached hydrogen (secondary N) is 1. The Morgan fingerprint density at radius 2 is 2.14 bits per heavy atom. The lowest BCUT2D eigenvalue weighted by atomic mass is 10.0. The Labute approximate surface area is 201 Å². The van der Waals surface area contributed by atoms with Gasteiger partial charge in [-0.25, -0.2) is 13.2 Å². The van der Waals surface area contributed by atoms with Gasteiger partial charge in [-0.15, -0.1) is 11.1 Å². The van der Waals surface area contributed by atoms with Gasteiger partial charge >= 0.3 is 0 Å². The number of fused-ring (bicyclic) bond motifs is 2. The third kappa shape index (κ3) is 3.58. The van der Waals surface area contributed by atoms with Crippen LogP contribution in [0.3, 0.4) is 0 Å². The van der Waals surface area contributed by atoms with E-state index in [1.165, 1.54) is 23.9 Å². The smallest absolute Gasteiger partial charge is 0.274 e. The number of aromatic nitrogens is 1. The van der Waals surface area contributed by atoms with Crippen LogP contribution in [-0.2, 0) is 16.2 Å². The minimum Gasteiger partial charge on any atom is -0.503 e. The third-order valence-corrected chi connectivity index (χ3v) is 9.51. The van der Waals surface area contributed by atoms with E-state index >= 15 is 0 Å². The molecule has 2 aromatic rings. The molecule has 3 aliphatic heterocycles. The quantitative estimate of drug-likeness (QED) is 0.552. The summed E-state index contributed by atoms with van der Waals surface area (Å²) in [5, 5.41) is 13.3. The zero-order valence-corrected chi connectivity index (χ0v) is 19.9. The van der Waals surface area contributed by atoms with Crippen molar-refractivity contribution in [3.05, 3.63) is 63.1 Å². The van der Waals surface area contributed by atoms with Crippen molar-refractivity contribution < 1.29 is 28.2 Å². The maximum atomic E-state index is 14.0. The zero-order chi connectivity index (χ0) is 25.1. The molecule has 0 aliphatic carbocycles. The first-order valence-corrected chi connectivity index (χ1v) is 12.6. The van der Waals surface area contributed by atoms with Gasteiger partial charge in [0.25, 0.3) is 11.8 Å². The van der Waals surface area contributed by atoms with E-state index in [0.29, 0.717) is 37.1 Å². The number of hydrogen-bond donors (Lipinski definition) is 3. The Balaban J connectivity index is 1.58. The van der Waals surface area contributed by atoms with Gasteiger partial charge in [0.1, 0.15) is 22.1 Å². The summed E-state index contributed by atoms with van der Waals surface area (Å²) in [6.45, 7) is 1.93. The molecule has 5 rings (SSSR count). The molecule has 2 bridgehead atoms. The van der Waals surface area contributed by atoms with E-state index in [0.717, 1.165) is 6.07 Å². The Kier molecular flexibility index (Phi) is 5.58. The number of hydrogen-bond acceptors (Lipinski definition) is 6. The van der Waals surface area contributed by atoms with E-state index in [4.69, 9.17) is 9.13 Å². The van der Waals surface area contributed by atoms with Gasteiger partial charge in [-0.05, 0) is 25.2 Å². The summed E-state index contributed by atoms with van der Waals surface area (Å²) in [7, 11) is 1.52. The summed E-state index contributed by atoms with van der Waals surface area (Å²) in [4.78, 5) is 40.2. The molecule has 0 saturated carbocycles. The fourth-order valence-corrected chi connectivity index (χ4v) is 7.71. The maximum absolute atomic E-state index is 14.0. The number of nitrogens with zero attached hydrogens (tertiary/aromatic N) is 3. The minimum absolute atomic E-state index is 0.0293. The standard InChI is InChI=1S/C23H24F2N4O5S/c1-12-5-6-35-23(8-17(27-35)34-2)11-28(12)22(33)18-20(31)19(30)15(10-29(18)23)21(32)26-9-13-3-4-14(24)7-16(13)25/h3-4,7,10,12,31,35H,5-6,8-9,11H2,1-2H3,(H,26,32)/t12-,23?/m0/s1. The Hall–Kier alpha value is -3.41. The largest absolute Gasteiger partial charge is 0.503 e. The van der Waals surface area contributed by atoms with Gasteiger partial charge in [0.05, 0.1) is 20.1 Å². The highest BCUT2D eigenvalue weighted by Gasteiger charge is 2.54. The molecule has 1 spiro atoms. The van der Waals surface area contributed by atoms with E-state index in [2.05, 4.69) is 5.32 Å². The van der Waals surface area contributed by atoms with Crippen LogP contribution in [0.25, 0.3) is 0 Å². The molecule has 1 fully saturated rings. The molecule has 9 nitrogen and oxygen atoms in total. The van der Waals surface area contributed by atoms with Crippen molar-refractivity contribution in [2.45, 2.75) is 37.2 Å². The van der Waals surface area contributed by atoms with Crippen LogP contribution in [0.2, 0.25) is 0 Å². The van der Waals surface area contributed by atoms with E-state index in [1.807, 2.05) is 6.92 Å². The molecule has 186 valence electrons. The summed E-state index contributed by atoms with van der Waals surface area (Å²) in [5.74, 6) is -2.51. The number of pyridine rings is 1. The minimum atomic E-state index is -1.09. The van der Waals surface area contributed by atoms with Crippen LogP contribution in [0, 0.1) is 11.6 Å². The number of thiol groups is 1. The number of halogens is 2. The molecule has 35 heavy (non-hydrogen) atoms. The van der Waals surface area contributed by atoms with E-state index in [1.54, 1.807) is 4.90 Å². The first-order chi connectivity index (χ1) is 16.7. The Bertz CT molecular complexity index is 1350. The van der Waals surface area contributed by atoms with E-state index in [-0.39, 0.29) is 29.4 Å². The molecule has 2 amide bonds. The summed E-state index contributed by atoms with van der Waals surface area (Å²) < 4.78 is 38.9. The Morgan fingerprint density at radius 1 is 1.37 bits per heavy atom. The molecule has 1 aromatic heterocycles. The molecule has 1 aromatic carbocycles. The second-order valence-corrected chi connectivity index (χ2v) is 11.2. The molecule has 0 radical (unpaired) electrons. The molecule has 3 atom stereocenters. The number of ether oxygens (including phenoxy) is 1. The van der Waals surface area contributed by atoms with E-state index < -0.39 is 50.6 Å². The van der Waals surface area contributed by atoms with Crippen molar-refractivity contribution in [3.63, 3.8) is 0 Å². The molecule has 12 heteroatoms. The van der Waals surface area contributed by atoms with Crippen molar-refractivity contribution >= 4 is 28.8 Å². The number of carbonyl (C=O) groups is 2. The maximum Gasteiger partial charge on any atom is 0.274 e. The molecular formula is C23H24F2N4O5S. The number of carbonyl (C=O) groups excluding carboxylic acids is 2. The highest BCUT2D eigenvalue weighted by molar-refractivity contribution is 8.17. The van der Waals surface area contributed by atoms with Crippen LogP contribution in [0.1, 0.15) is 46.2 Å². The fraction of sp³-hybridized carbons (Fsp3) is 0.391. The summed E-state index contributed by atoms with van der Waals surface area (Å²) in [6.07, 6.45) is 2.35. The highest BCUT2D eigenvalue weighted by Crippen LogP contribution is 2.58. The summed E-state index contributed by atoms with van der Waals surface area (Å²) in [5.41, 5.74) is -1.53. The lowest BCUT2D eigenvalue weighted by Gasteiger charge is -2.46. The van der Waals surface area contributed by atoms with Gasteiger partial charge in [-0.1, -0.05) is 6.07 Å². The van der Waals surface area contributed by atoms with Crippen LogP contribution < -0.4 is 10.7 Å². The van der Waals surface area contributed by atoms with Crippen LogP contribution in [0.4, 0.5) is 8.78 Å². The van der Waals surface area contributed by atoms with Crippen LogP contribution in [0.5, 0.6) is 5.75 Å². The highest BCUT2D eigenvalue weighted by atomic mass is 32.2. The summed E-state index contributed by atoms with van der Waals surface area (Å²) in [6, 6.07) is 2.84. The molecule has 2 unspecified atom stereocenters. The SMILES string of the molecule is COC1=N[SH]2CC[C@H](C)N3CC2(C1)n1cc(C(=O)NCc2ccc(F)cc2F)c(=O)c(O)c1C3=O. The predicted molar refractivity (Wildman–Crippen MR) is 126 cm³/mol. The first kappa shape index (κ1) is 23.3. The molecule has 1 saturated heterocycles. The summed E-state index contributed by atoms with van der Waals surface area (Å²) >= 11 is -1.09. The van der Waals surface area contributed by atoms with Crippen molar-refractivity contribution in [2.24, 2.45) is 4.40 Å². The third-order valence-electron chi connectivity index (χ3n) is 6.89. The number of methoxy groups -OCH3 is 1.